The van der Waals surface area contributed by atoms with E-state index >= 15 is 0 Å². The van der Waals surface area contributed by atoms with Crippen molar-refractivity contribution in [2.45, 2.75) is 0 Å². The minimum absolute atomic E-state index is 0.182. The Balaban J connectivity index is 2.00. The van der Waals surface area contributed by atoms with Crippen LogP contribution in [0.15, 0.2) is 42.5 Å². The summed E-state index contributed by atoms with van der Waals surface area (Å²) in [7, 11) is -0.818. The van der Waals surface area contributed by atoms with E-state index in [0.717, 1.165) is 10.6 Å². The number of halogens is 1. The zero-order valence-electron chi connectivity index (χ0n) is 16.3. The lowest BCUT2D eigenvalue weighted by Gasteiger charge is -2.24. The number of hydrogen-bond acceptors (Lipinski definition) is 6. The fourth-order valence-electron chi connectivity index (χ4n) is 2.51. The highest BCUT2D eigenvalue weighted by Gasteiger charge is 2.24. The minimum atomic E-state index is -3.76. The summed E-state index contributed by atoms with van der Waals surface area (Å²) in [6, 6.07) is 11.7. The molecule has 0 aliphatic heterocycles. The Morgan fingerprint density at radius 3 is 2.34 bits per heavy atom. The number of carbonyl (C=O) groups excluding carboxylic acids is 1. The van der Waals surface area contributed by atoms with Gasteiger partial charge < -0.3 is 19.5 Å². The van der Waals surface area contributed by atoms with Crippen molar-refractivity contribution < 1.29 is 27.4 Å². The number of methoxy groups -OCH3 is 2. The summed E-state index contributed by atoms with van der Waals surface area (Å²) in [6.45, 7) is -0.0587. The first-order valence-corrected chi connectivity index (χ1v) is 10.8. The standard InChI is InChI=1S/C19H23ClN2O6S/c1-26-16-9-8-14(20)12-15(16)22(29(3,24)25)13-19(23)21-10-11-28-18-7-5-4-6-17(18)27-2/h4-9,12H,10-11,13H2,1-3H3,(H,21,23). The summed E-state index contributed by atoms with van der Waals surface area (Å²) in [5.41, 5.74) is 0.183. The number of para-hydroxylation sites is 2. The second-order valence-corrected chi connectivity index (χ2v) is 8.28. The lowest BCUT2D eigenvalue weighted by molar-refractivity contribution is -0.119. The van der Waals surface area contributed by atoms with Crippen molar-refractivity contribution in [3.63, 3.8) is 0 Å². The number of carbonyl (C=O) groups is 1. The number of anilines is 1. The summed E-state index contributed by atoms with van der Waals surface area (Å²) in [6.07, 6.45) is 1.01. The maximum atomic E-state index is 12.3. The molecule has 0 aliphatic rings. The Morgan fingerprint density at radius 2 is 1.72 bits per heavy atom. The van der Waals surface area contributed by atoms with Crippen molar-refractivity contribution in [2.75, 3.05) is 44.5 Å². The van der Waals surface area contributed by atoms with Crippen molar-refractivity contribution in [3.05, 3.63) is 47.5 Å². The van der Waals surface area contributed by atoms with Crippen LogP contribution < -0.4 is 23.8 Å². The Labute approximate surface area is 175 Å². The second kappa shape index (κ2) is 10.2. The first-order chi connectivity index (χ1) is 13.8. The smallest absolute Gasteiger partial charge is 0.240 e. The summed E-state index contributed by atoms with van der Waals surface area (Å²) in [4.78, 5) is 12.3. The number of rotatable bonds is 10. The lowest BCUT2D eigenvalue weighted by Crippen LogP contribution is -2.41. The van der Waals surface area contributed by atoms with E-state index in [1.807, 2.05) is 6.07 Å². The highest BCUT2D eigenvalue weighted by molar-refractivity contribution is 7.92. The van der Waals surface area contributed by atoms with E-state index in [2.05, 4.69) is 5.32 Å². The molecule has 0 bridgehead atoms. The van der Waals surface area contributed by atoms with Gasteiger partial charge in [0, 0.05) is 5.02 Å². The van der Waals surface area contributed by atoms with Crippen LogP contribution in [-0.4, -0.2) is 54.5 Å². The molecular weight excluding hydrogens is 420 g/mol. The topological polar surface area (TPSA) is 94.2 Å². The van der Waals surface area contributed by atoms with Gasteiger partial charge in [0.05, 0.1) is 32.7 Å². The fourth-order valence-corrected chi connectivity index (χ4v) is 3.53. The number of ether oxygens (including phenoxy) is 3. The van der Waals surface area contributed by atoms with Crippen molar-refractivity contribution in [1.29, 1.82) is 0 Å². The van der Waals surface area contributed by atoms with Gasteiger partial charge in [-0.2, -0.15) is 0 Å². The SMILES string of the molecule is COc1ccccc1OCCNC(=O)CN(c1cc(Cl)ccc1OC)S(C)(=O)=O. The normalized spacial score (nSPS) is 10.9. The highest BCUT2D eigenvalue weighted by Crippen LogP contribution is 2.32. The van der Waals surface area contributed by atoms with E-state index in [0.29, 0.717) is 16.5 Å². The Hall–Kier alpha value is -2.65. The van der Waals surface area contributed by atoms with Crippen LogP contribution >= 0.6 is 11.6 Å². The molecule has 0 saturated heterocycles. The van der Waals surface area contributed by atoms with Gasteiger partial charge in [0.25, 0.3) is 0 Å². The zero-order valence-corrected chi connectivity index (χ0v) is 17.9. The Bertz CT molecular complexity index is 951. The molecule has 0 fully saturated rings. The lowest BCUT2D eigenvalue weighted by atomic mass is 10.3. The maximum Gasteiger partial charge on any atom is 0.240 e. The molecule has 0 heterocycles. The molecule has 29 heavy (non-hydrogen) atoms. The van der Waals surface area contributed by atoms with Gasteiger partial charge in [0.2, 0.25) is 15.9 Å². The number of benzene rings is 2. The molecule has 2 rings (SSSR count). The Kier molecular flexibility index (Phi) is 7.98. The molecule has 0 radical (unpaired) electrons. The van der Waals surface area contributed by atoms with Gasteiger partial charge in [-0.1, -0.05) is 23.7 Å². The molecule has 1 amide bonds. The van der Waals surface area contributed by atoms with Gasteiger partial charge in [-0.05, 0) is 30.3 Å². The number of sulfonamides is 1. The van der Waals surface area contributed by atoms with Crippen LogP contribution in [0.25, 0.3) is 0 Å². The monoisotopic (exact) mass is 442 g/mol. The third-order valence-corrected chi connectivity index (χ3v) is 5.21. The summed E-state index contributed by atoms with van der Waals surface area (Å²) < 4.78 is 41.4. The third-order valence-electron chi connectivity index (χ3n) is 3.85. The van der Waals surface area contributed by atoms with E-state index in [1.54, 1.807) is 24.3 Å². The molecule has 0 spiro atoms. The Morgan fingerprint density at radius 1 is 1.07 bits per heavy atom. The summed E-state index contributed by atoms with van der Waals surface area (Å²) in [5.74, 6) is 0.911. The average Bonchev–Trinajstić information content (AvgIpc) is 2.68. The van der Waals surface area contributed by atoms with Crippen molar-refractivity contribution in [3.8, 4) is 17.2 Å². The van der Waals surface area contributed by atoms with Gasteiger partial charge in [-0.3, -0.25) is 9.10 Å². The van der Waals surface area contributed by atoms with E-state index in [1.165, 1.54) is 26.4 Å². The molecule has 8 nitrogen and oxygen atoms in total. The molecule has 0 aliphatic carbocycles. The fraction of sp³-hybridized carbons (Fsp3) is 0.316. The quantitative estimate of drug-likeness (QED) is 0.567. The number of nitrogens with one attached hydrogen (secondary N) is 1. The number of nitrogens with zero attached hydrogens (tertiary/aromatic N) is 1. The highest BCUT2D eigenvalue weighted by atomic mass is 35.5. The number of hydrogen-bond donors (Lipinski definition) is 1. The minimum Gasteiger partial charge on any atom is -0.495 e. The van der Waals surface area contributed by atoms with Gasteiger partial charge in [0.1, 0.15) is 18.9 Å². The first-order valence-electron chi connectivity index (χ1n) is 8.60. The second-order valence-electron chi connectivity index (χ2n) is 5.94. The molecule has 0 atom stereocenters. The van der Waals surface area contributed by atoms with Crippen LogP contribution in [0.3, 0.4) is 0 Å². The molecule has 1 N–H and O–H groups in total. The van der Waals surface area contributed by atoms with Gasteiger partial charge in [-0.15, -0.1) is 0 Å². The van der Waals surface area contributed by atoms with E-state index in [-0.39, 0.29) is 24.6 Å². The van der Waals surface area contributed by atoms with Crippen molar-refractivity contribution >= 4 is 33.2 Å². The molecule has 10 heteroatoms. The van der Waals surface area contributed by atoms with Crippen molar-refractivity contribution in [1.82, 2.24) is 5.32 Å². The van der Waals surface area contributed by atoms with Crippen LogP contribution in [0, 0.1) is 0 Å². The van der Waals surface area contributed by atoms with E-state index < -0.39 is 22.5 Å². The predicted octanol–water partition coefficient (Wildman–Crippen LogP) is 2.32. The third kappa shape index (κ3) is 6.43. The maximum absolute atomic E-state index is 12.3. The molecule has 2 aromatic rings. The molecule has 2 aromatic carbocycles. The van der Waals surface area contributed by atoms with E-state index in [9.17, 15) is 13.2 Å². The van der Waals surface area contributed by atoms with Crippen LogP contribution in [0.1, 0.15) is 0 Å². The van der Waals surface area contributed by atoms with Gasteiger partial charge >= 0.3 is 0 Å². The van der Waals surface area contributed by atoms with Crippen LogP contribution in [0.5, 0.6) is 17.2 Å². The van der Waals surface area contributed by atoms with Crippen LogP contribution in [-0.2, 0) is 14.8 Å². The molecule has 0 aromatic heterocycles. The number of amides is 1. The summed E-state index contributed by atoms with van der Waals surface area (Å²) >= 11 is 5.99. The van der Waals surface area contributed by atoms with Crippen LogP contribution in [0.2, 0.25) is 5.02 Å². The first kappa shape index (κ1) is 22.6. The van der Waals surface area contributed by atoms with Crippen molar-refractivity contribution in [2.24, 2.45) is 0 Å². The molecule has 0 unspecified atom stereocenters. The van der Waals surface area contributed by atoms with Crippen LogP contribution in [0.4, 0.5) is 5.69 Å². The molecule has 158 valence electrons. The average molecular weight is 443 g/mol. The van der Waals surface area contributed by atoms with E-state index in [4.69, 9.17) is 25.8 Å². The molecular formula is C19H23ClN2O6S. The predicted molar refractivity (Wildman–Crippen MR) is 112 cm³/mol. The van der Waals surface area contributed by atoms with Gasteiger partial charge in [0.15, 0.2) is 11.5 Å². The summed E-state index contributed by atoms with van der Waals surface area (Å²) in [5, 5.41) is 2.95. The zero-order chi connectivity index (χ0) is 21.4. The molecule has 0 saturated carbocycles. The van der Waals surface area contributed by atoms with Gasteiger partial charge in [-0.25, -0.2) is 8.42 Å². The largest absolute Gasteiger partial charge is 0.495 e.